The third kappa shape index (κ3) is 8.39. The number of benzene rings is 8. The summed E-state index contributed by atoms with van der Waals surface area (Å²) in [6, 6.07) is 58.7. The van der Waals surface area contributed by atoms with Crippen molar-refractivity contribution < 1.29 is 0 Å². The Kier molecular flexibility index (Phi) is 12.6. The van der Waals surface area contributed by atoms with Crippen LogP contribution in [0.2, 0.25) is 0 Å². The molecule has 0 aliphatic heterocycles. The van der Waals surface area contributed by atoms with E-state index in [1.54, 1.807) is 0 Å². The maximum absolute atomic E-state index is 10.1. The molecule has 4 aliphatic carbocycles. The Bertz CT molecular complexity index is 4130. The van der Waals surface area contributed by atoms with E-state index in [0.717, 1.165) is 39.6 Å². The summed E-state index contributed by atoms with van der Waals surface area (Å²) in [5, 5.41) is 10.1. The molecule has 0 aromatic heterocycles. The number of nitriles is 1. The number of anilines is 4. The second kappa shape index (κ2) is 19.9. The fourth-order valence-electron chi connectivity index (χ4n) is 12.2. The lowest BCUT2D eigenvalue weighted by molar-refractivity contribution is 0.773. The van der Waals surface area contributed by atoms with E-state index in [0.29, 0.717) is 11.3 Å². The molecule has 4 aliphatic rings. The minimum atomic E-state index is -0.210. The Labute approximate surface area is 460 Å². The molecule has 2 unspecified atom stereocenters. The maximum atomic E-state index is 10.1. The molecule has 0 radical (unpaired) electrons. The van der Waals surface area contributed by atoms with E-state index in [1.807, 2.05) is 24.3 Å². The van der Waals surface area contributed by atoms with Crippen molar-refractivity contribution in [2.24, 2.45) is 5.92 Å². The predicted octanol–water partition coefficient (Wildman–Crippen LogP) is 19.3. The van der Waals surface area contributed by atoms with Crippen LogP contribution < -0.4 is 9.80 Å². The van der Waals surface area contributed by atoms with Gasteiger partial charge in [0.15, 0.2) is 5.69 Å². The molecule has 8 aromatic rings. The average Bonchev–Trinajstić information content (AvgIpc) is 3.66. The van der Waals surface area contributed by atoms with Crippen LogP contribution in [0.3, 0.4) is 0 Å². The lowest BCUT2D eigenvalue weighted by atomic mass is 9.67. The number of nitrogens with zero attached hydrogens (tertiary/aromatic N) is 4. The topological polar surface area (TPSA) is 34.6 Å². The molecule has 78 heavy (non-hydrogen) atoms. The van der Waals surface area contributed by atoms with Gasteiger partial charge in [-0.15, -0.1) is 0 Å². The summed E-state index contributed by atoms with van der Waals surface area (Å²) >= 11 is 0. The zero-order valence-electron chi connectivity index (χ0n) is 45.6. The largest absolute Gasteiger partial charge is 0.330 e. The summed E-state index contributed by atoms with van der Waals surface area (Å²) in [5.74, 6) is -0.0613. The molecule has 0 spiro atoms. The van der Waals surface area contributed by atoms with E-state index < -0.39 is 0 Å². The number of allylic oxidation sites excluding steroid dienone is 10. The van der Waals surface area contributed by atoms with Crippen molar-refractivity contribution in [2.75, 3.05) is 9.80 Å². The molecule has 4 nitrogen and oxygen atoms in total. The molecule has 0 bridgehead atoms. The monoisotopic (exact) mass is 1000 g/mol. The first kappa shape index (κ1) is 49.4. The van der Waals surface area contributed by atoms with Crippen LogP contribution in [0.5, 0.6) is 0 Å². The van der Waals surface area contributed by atoms with Crippen LogP contribution in [-0.2, 0) is 0 Å². The van der Waals surface area contributed by atoms with Crippen molar-refractivity contribution in [3.05, 3.63) is 301 Å². The summed E-state index contributed by atoms with van der Waals surface area (Å²) in [6.07, 6.45) is 18.7. The third-order valence-corrected chi connectivity index (χ3v) is 17.1. The zero-order valence-corrected chi connectivity index (χ0v) is 45.6. The maximum Gasteiger partial charge on any atom is 0.187 e. The number of aryl methyl sites for hydroxylation is 4. The Morgan fingerprint density at radius 1 is 0.487 bits per heavy atom. The second-order valence-electron chi connectivity index (χ2n) is 21.3. The van der Waals surface area contributed by atoms with E-state index in [9.17, 15) is 5.26 Å². The van der Waals surface area contributed by atoms with Crippen molar-refractivity contribution in [1.29, 1.82) is 5.26 Å². The normalized spacial score (nSPS) is 15.8. The van der Waals surface area contributed by atoms with Gasteiger partial charge >= 0.3 is 0 Å². The summed E-state index contributed by atoms with van der Waals surface area (Å²) in [6.45, 7) is 25.6. The van der Waals surface area contributed by atoms with Crippen LogP contribution >= 0.6 is 0 Å². The highest BCUT2D eigenvalue weighted by atomic mass is 15.2. The van der Waals surface area contributed by atoms with Crippen LogP contribution in [0, 0.1) is 79.2 Å². The van der Waals surface area contributed by atoms with Gasteiger partial charge in [-0.1, -0.05) is 140 Å². The van der Waals surface area contributed by atoms with E-state index >= 15 is 0 Å². The van der Waals surface area contributed by atoms with Crippen molar-refractivity contribution in [2.45, 2.75) is 61.4 Å². The van der Waals surface area contributed by atoms with Gasteiger partial charge in [-0.3, -0.25) is 0 Å². The van der Waals surface area contributed by atoms with Gasteiger partial charge < -0.3 is 9.80 Å². The van der Waals surface area contributed by atoms with Crippen LogP contribution in [-0.4, -0.2) is 6.04 Å². The molecule has 0 heterocycles. The van der Waals surface area contributed by atoms with Gasteiger partial charge in [0.25, 0.3) is 0 Å². The predicted molar refractivity (Wildman–Crippen MR) is 326 cm³/mol. The molecule has 8 aromatic carbocycles. The van der Waals surface area contributed by atoms with Crippen molar-refractivity contribution in [3.8, 4) is 50.6 Å². The Hall–Kier alpha value is -9.48. The standard InChI is InChI=1S/C74H60N4/c1-45-14-10-18-61(49(45)5)56-28-40-71(67(42-56)63-20-12-16-47(3)51(63)7)77(59-32-22-53(44-75)23-33-59)69-38-26-54-25-37-66-70(39-27-55-24-36-65(69)73(54)74(55)66)78(60-34-30-58(76-9)31-35-60)72-41-29-57(62-19-11-15-46(2)50(62)6)43-68(72)64-21-13-17-48(4)52(64)8/h10-43,69,74H,1-8H3. The van der Waals surface area contributed by atoms with Crippen LogP contribution in [0.1, 0.15) is 50.1 Å². The smallest absolute Gasteiger partial charge is 0.187 e. The molecule has 12 rings (SSSR count). The molecular formula is C74H60N4. The summed E-state index contributed by atoms with van der Waals surface area (Å²) in [7, 11) is 0. The quantitative estimate of drug-likeness (QED) is 0.128. The van der Waals surface area contributed by atoms with Crippen LogP contribution in [0.4, 0.5) is 28.4 Å². The van der Waals surface area contributed by atoms with Gasteiger partial charge in [-0.2, -0.15) is 5.26 Å². The van der Waals surface area contributed by atoms with Crippen molar-refractivity contribution in [3.63, 3.8) is 0 Å². The lowest BCUT2D eigenvalue weighted by Gasteiger charge is -2.44. The fourth-order valence-corrected chi connectivity index (χ4v) is 12.2. The van der Waals surface area contributed by atoms with Gasteiger partial charge in [0.05, 0.1) is 35.6 Å². The molecule has 0 fully saturated rings. The minimum absolute atomic E-state index is 0.0613. The van der Waals surface area contributed by atoms with Gasteiger partial charge in [0, 0.05) is 34.1 Å². The van der Waals surface area contributed by atoms with E-state index in [-0.39, 0.29) is 12.0 Å². The summed E-state index contributed by atoms with van der Waals surface area (Å²) in [4.78, 5) is 8.75. The Morgan fingerprint density at radius 3 is 1.58 bits per heavy atom. The Morgan fingerprint density at radius 2 is 1.01 bits per heavy atom. The minimum Gasteiger partial charge on any atom is -0.330 e. The molecule has 376 valence electrons. The molecular weight excluding hydrogens is 945 g/mol. The molecule has 0 N–H and O–H groups in total. The van der Waals surface area contributed by atoms with Crippen LogP contribution in [0.15, 0.2) is 240 Å². The molecule has 0 amide bonds. The number of hydrogen-bond donors (Lipinski definition) is 0. The fraction of sp³-hybridized carbons (Fsp3) is 0.135. The van der Waals surface area contributed by atoms with Crippen LogP contribution in [0.25, 0.3) is 49.4 Å². The van der Waals surface area contributed by atoms with E-state index in [2.05, 4.69) is 258 Å². The van der Waals surface area contributed by atoms with Gasteiger partial charge in [0.2, 0.25) is 0 Å². The number of rotatable bonds is 10. The molecule has 2 atom stereocenters. The first-order valence-electron chi connectivity index (χ1n) is 27.0. The lowest BCUT2D eigenvalue weighted by Crippen LogP contribution is -2.37. The summed E-state index contributed by atoms with van der Waals surface area (Å²) < 4.78 is 0. The first-order valence-corrected chi connectivity index (χ1v) is 27.0. The summed E-state index contributed by atoms with van der Waals surface area (Å²) in [5.41, 5.74) is 32.1. The van der Waals surface area contributed by atoms with Crippen molar-refractivity contribution >= 4 is 28.4 Å². The Balaban J connectivity index is 1.05. The molecule has 0 saturated carbocycles. The molecule has 4 heteroatoms. The highest BCUT2D eigenvalue weighted by molar-refractivity contribution is 5.93. The van der Waals surface area contributed by atoms with Gasteiger partial charge in [0.1, 0.15) is 0 Å². The van der Waals surface area contributed by atoms with E-state index in [1.165, 1.54) is 106 Å². The second-order valence-corrected chi connectivity index (χ2v) is 21.3. The first-order chi connectivity index (χ1) is 37.9. The zero-order chi connectivity index (χ0) is 53.9. The average molecular weight is 1010 g/mol. The molecule has 0 saturated heterocycles. The van der Waals surface area contributed by atoms with Crippen molar-refractivity contribution in [1.82, 2.24) is 0 Å². The number of hydrogen-bond acceptors (Lipinski definition) is 3. The SMILES string of the molecule is [C-]#[N+]c1ccc(N(C2=C3C=CC4=C5C(=CC=C(C=C2)C35)C(N(c2ccc(C#N)cc2)c2ccc(-c3cccc(C)c3C)cc2-c2cccc(C)c2C)C=C4)c2ccc(-c3cccc(C)c3C)cc2-c2cccc(C)c2C)cc1. The van der Waals surface area contributed by atoms with Gasteiger partial charge in [-0.05, 0) is 228 Å². The third-order valence-electron chi connectivity index (χ3n) is 17.1. The highest BCUT2D eigenvalue weighted by Crippen LogP contribution is 2.54. The van der Waals surface area contributed by atoms with E-state index in [4.69, 9.17) is 6.57 Å². The van der Waals surface area contributed by atoms with Gasteiger partial charge in [-0.25, -0.2) is 4.85 Å². The highest BCUT2D eigenvalue weighted by Gasteiger charge is 2.41.